The molecule has 3 aromatic carbocycles. The van der Waals surface area contributed by atoms with E-state index in [4.69, 9.17) is 26.4 Å². The van der Waals surface area contributed by atoms with E-state index in [9.17, 15) is 58.2 Å². The number of methoxy groups -OCH3 is 1. The van der Waals surface area contributed by atoms with Crippen molar-refractivity contribution < 1.29 is 62.5 Å². The standard InChI is InChI=1S/C61H86N12O14/c1-8-9-16-44(54(62)79)70-55(80)36(6)67-56(81)46(24-25-51(76)77)71-58(83)47(29-37-14-11-10-12-15-37)66-33-40(28-38-18-20-41(74)21-19-38)68-59(84)48(27-34(2)3)72-60(85)53(35(4)5)73-57(82)45(17-13-26-65-61(63)64)69-50(75)30-39-31-52(78)87-49-32-42(86-7)22-23-43(39)49/h10-12,14-15,18-23,31-32,34-36,40,44-48,53,66,74H,8-9,13,16-17,24-30,33H2,1-7H3,(H2,62,79)(H,67,81)(H,68,84)(H,69,75)(H,70,80)(H,71,83)(H,72,85)(H,73,82)(H,76,77)(H4,63,64,65)/t36-,40-,44-,45-,46-,47-,48-,53-/m0/s1. The molecular weight excluding hydrogens is 1120 g/mol. The molecule has 0 aliphatic rings. The summed E-state index contributed by atoms with van der Waals surface area (Å²) in [5.41, 5.74) is 17.7. The van der Waals surface area contributed by atoms with E-state index in [-0.39, 0.29) is 87.7 Å². The Balaban J connectivity index is 1.59. The van der Waals surface area contributed by atoms with E-state index in [1.54, 1.807) is 68.4 Å². The van der Waals surface area contributed by atoms with Gasteiger partial charge in [0.1, 0.15) is 53.3 Å². The molecule has 0 spiro atoms. The summed E-state index contributed by atoms with van der Waals surface area (Å²) in [6.45, 7) is 10.3. The monoisotopic (exact) mass is 1210 g/mol. The molecule has 0 fully saturated rings. The molecule has 87 heavy (non-hydrogen) atoms. The molecule has 0 radical (unpaired) electrons. The van der Waals surface area contributed by atoms with E-state index in [1.165, 1.54) is 38.3 Å². The van der Waals surface area contributed by atoms with Crippen molar-refractivity contribution in [2.75, 3.05) is 20.2 Å². The number of hydrogen-bond donors (Lipinski definition) is 13. The molecule has 0 aliphatic carbocycles. The molecule has 4 rings (SSSR count). The minimum Gasteiger partial charge on any atom is -0.508 e. The Labute approximate surface area is 505 Å². The van der Waals surface area contributed by atoms with Gasteiger partial charge in [-0.2, -0.15) is 0 Å². The molecular formula is C61H86N12O14. The first-order valence-electron chi connectivity index (χ1n) is 29.1. The van der Waals surface area contributed by atoms with Crippen molar-refractivity contribution in [1.29, 1.82) is 0 Å². The predicted octanol–water partition coefficient (Wildman–Crippen LogP) is 1.20. The number of rotatable bonds is 37. The summed E-state index contributed by atoms with van der Waals surface area (Å²) in [7, 11) is 1.45. The number of nitrogens with zero attached hydrogens (tertiary/aromatic N) is 1. The highest BCUT2D eigenvalue weighted by Gasteiger charge is 2.34. The van der Waals surface area contributed by atoms with Gasteiger partial charge in [0.05, 0.1) is 19.6 Å². The van der Waals surface area contributed by atoms with Gasteiger partial charge in [-0.1, -0.05) is 89.9 Å². The summed E-state index contributed by atoms with van der Waals surface area (Å²) in [6, 6.07) is 11.8. The summed E-state index contributed by atoms with van der Waals surface area (Å²) >= 11 is 0. The maximum atomic E-state index is 14.7. The van der Waals surface area contributed by atoms with Crippen molar-refractivity contribution in [3.05, 3.63) is 106 Å². The lowest BCUT2D eigenvalue weighted by molar-refractivity contribution is -0.138. The number of ether oxygens (including phenoxy) is 1. The number of aromatic hydroxyl groups is 1. The second kappa shape index (κ2) is 35.4. The Morgan fingerprint density at radius 3 is 1.87 bits per heavy atom. The van der Waals surface area contributed by atoms with Gasteiger partial charge < -0.3 is 79.1 Å². The van der Waals surface area contributed by atoms with Crippen LogP contribution in [0.3, 0.4) is 0 Å². The van der Waals surface area contributed by atoms with Crippen molar-refractivity contribution in [2.24, 2.45) is 34.0 Å². The Kier molecular flexibility index (Phi) is 28.7. The molecule has 26 nitrogen and oxygen atoms in total. The van der Waals surface area contributed by atoms with E-state index in [2.05, 4.69) is 47.5 Å². The molecule has 0 aliphatic heterocycles. The molecule has 0 unspecified atom stereocenters. The molecule has 16 N–H and O–H groups in total. The second-order valence-electron chi connectivity index (χ2n) is 22.2. The molecule has 474 valence electrons. The van der Waals surface area contributed by atoms with Gasteiger partial charge in [-0.25, -0.2) is 4.79 Å². The normalized spacial score (nSPS) is 13.9. The minimum absolute atomic E-state index is 0.0142. The van der Waals surface area contributed by atoms with Crippen LogP contribution in [0, 0.1) is 11.8 Å². The van der Waals surface area contributed by atoms with Crippen molar-refractivity contribution in [1.82, 2.24) is 42.5 Å². The highest BCUT2D eigenvalue weighted by Crippen LogP contribution is 2.23. The Bertz CT molecular complexity index is 3060. The number of nitrogens with two attached hydrogens (primary N) is 3. The molecule has 8 atom stereocenters. The summed E-state index contributed by atoms with van der Waals surface area (Å²) in [5, 5.41) is 42.6. The third-order valence-corrected chi connectivity index (χ3v) is 14.1. The fourth-order valence-electron chi connectivity index (χ4n) is 9.39. The number of fused-ring (bicyclic) bond motifs is 1. The summed E-state index contributed by atoms with van der Waals surface area (Å²) < 4.78 is 10.6. The summed E-state index contributed by atoms with van der Waals surface area (Å²) in [4.78, 5) is 139. The van der Waals surface area contributed by atoms with Crippen molar-refractivity contribution in [3.63, 3.8) is 0 Å². The smallest absolute Gasteiger partial charge is 0.336 e. The number of aliphatic imine (C=N–C) groups is 1. The second-order valence-corrected chi connectivity index (χ2v) is 22.2. The minimum atomic E-state index is -1.46. The maximum Gasteiger partial charge on any atom is 0.336 e. The first kappa shape index (κ1) is 70.4. The third-order valence-electron chi connectivity index (χ3n) is 14.1. The van der Waals surface area contributed by atoms with Crippen LogP contribution < -0.4 is 70.1 Å². The van der Waals surface area contributed by atoms with Gasteiger partial charge in [-0.15, -0.1) is 0 Å². The third kappa shape index (κ3) is 24.4. The van der Waals surface area contributed by atoms with E-state index < -0.39 is 120 Å². The first-order chi connectivity index (χ1) is 41.3. The summed E-state index contributed by atoms with van der Waals surface area (Å²) in [6.07, 6.45) is 0.914. The van der Waals surface area contributed by atoms with Gasteiger partial charge >= 0.3 is 11.6 Å². The highest BCUT2D eigenvalue weighted by atomic mass is 16.5. The van der Waals surface area contributed by atoms with Gasteiger partial charge in [0, 0.05) is 43.1 Å². The number of unbranched alkanes of at least 4 members (excludes halogenated alkanes) is 1. The lowest BCUT2D eigenvalue weighted by atomic mass is 9.98. The van der Waals surface area contributed by atoms with Crippen LogP contribution in [-0.4, -0.2) is 138 Å². The number of primary amides is 1. The Hall–Kier alpha value is -9.07. The fraction of sp³-hybridized carbons (Fsp3) is 0.492. The van der Waals surface area contributed by atoms with E-state index >= 15 is 0 Å². The number of nitrogens with one attached hydrogen (secondary N) is 8. The number of phenols is 1. The van der Waals surface area contributed by atoms with Crippen LogP contribution in [0.1, 0.15) is 110 Å². The van der Waals surface area contributed by atoms with Gasteiger partial charge in [-0.3, -0.25) is 48.1 Å². The Morgan fingerprint density at radius 1 is 0.644 bits per heavy atom. The van der Waals surface area contributed by atoms with Crippen LogP contribution in [0.5, 0.6) is 11.5 Å². The van der Waals surface area contributed by atoms with Gasteiger partial charge in [-0.05, 0) is 105 Å². The highest BCUT2D eigenvalue weighted by molar-refractivity contribution is 5.96. The topological polar surface area (TPSA) is 420 Å². The average Bonchev–Trinajstić information content (AvgIpc) is 2.49. The van der Waals surface area contributed by atoms with Crippen LogP contribution in [-0.2, 0) is 62.4 Å². The molecule has 0 bridgehead atoms. The van der Waals surface area contributed by atoms with Crippen LogP contribution in [0.4, 0.5) is 0 Å². The number of guanidine groups is 1. The molecule has 0 saturated carbocycles. The van der Waals surface area contributed by atoms with Crippen molar-refractivity contribution >= 4 is 70.2 Å². The zero-order valence-electron chi connectivity index (χ0n) is 50.4. The predicted molar refractivity (Wildman–Crippen MR) is 325 cm³/mol. The van der Waals surface area contributed by atoms with E-state index in [0.29, 0.717) is 34.2 Å². The lowest BCUT2D eigenvalue weighted by Crippen LogP contribution is -2.60. The van der Waals surface area contributed by atoms with Crippen LogP contribution in [0.2, 0.25) is 0 Å². The number of carbonyl (C=O) groups excluding carboxylic acids is 8. The molecule has 8 amide bonds. The lowest BCUT2D eigenvalue weighted by Gasteiger charge is -2.30. The number of carbonyl (C=O) groups is 9. The van der Waals surface area contributed by atoms with Crippen LogP contribution >= 0.6 is 0 Å². The average molecular weight is 1210 g/mol. The Morgan fingerprint density at radius 2 is 1.25 bits per heavy atom. The molecule has 0 saturated heterocycles. The van der Waals surface area contributed by atoms with Crippen LogP contribution in [0.15, 0.2) is 93.1 Å². The van der Waals surface area contributed by atoms with Crippen molar-refractivity contribution in [3.8, 4) is 11.5 Å². The molecule has 26 heteroatoms. The van der Waals surface area contributed by atoms with Gasteiger partial charge in [0.2, 0.25) is 47.3 Å². The van der Waals surface area contributed by atoms with E-state index in [1.807, 2.05) is 20.8 Å². The molecule has 1 aromatic heterocycles. The largest absolute Gasteiger partial charge is 0.508 e. The number of carboxylic acid groups (broad SMARTS) is 1. The zero-order valence-corrected chi connectivity index (χ0v) is 50.4. The molecule has 4 aromatic rings. The number of hydrogen-bond acceptors (Lipinski definition) is 15. The number of amides is 8. The zero-order chi connectivity index (χ0) is 64.3. The number of carboxylic acids is 1. The number of aliphatic carboxylic acids is 1. The first-order valence-corrected chi connectivity index (χ1v) is 29.1. The SMILES string of the molecule is CCCC[C@H](NC(=O)[C@H](C)NC(=O)[C@H](CCC(=O)O)NC(=O)[C@H](Cc1ccccc1)NC[C@H](Cc1ccc(O)cc1)NC(=O)[C@H](CC(C)C)NC(=O)[C@@H](NC(=O)[C@H](CCCN=C(N)N)NC(=O)Cc1cc(=O)oc2cc(OC)ccc12)C(C)C)C(N)=O. The number of benzene rings is 3. The van der Waals surface area contributed by atoms with Crippen molar-refractivity contribution in [2.45, 2.75) is 161 Å². The fourth-order valence-corrected chi connectivity index (χ4v) is 9.39. The van der Waals surface area contributed by atoms with Crippen LogP contribution in [0.25, 0.3) is 11.0 Å². The molecule has 1 heterocycles. The van der Waals surface area contributed by atoms with Gasteiger partial charge in [0.15, 0.2) is 5.96 Å². The summed E-state index contributed by atoms with van der Waals surface area (Å²) in [5.74, 6) is -7.53. The number of phenolic OH excluding ortho intramolecular Hbond substituents is 1. The maximum absolute atomic E-state index is 14.7. The quantitative estimate of drug-likeness (QED) is 0.0131. The van der Waals surface area contributed by atoms with E-state index in [0.717, 1.165) is 6.42 Å². The van der Waals surface area contributed by atoms with Gasteiger partial charge in [0.25, 0.3) is 0 Å².